The Bertz CT molecular complexity index is 1330. The summed E-state index contributed by atoms with van der Waals surface area (Å²) in [5.74, 6) is -1.02. The van der Waals surface area contributed by atoms with E-state index in [1.54, 1.807) is 36.1 Å². The molecular formula is C26H24N4O4. The van der Waals surface area contributed by atoms with Gasteiger partial charge in [-0.3, -0.25) is 19.3 Å². The van der Waals surface area contributed by atoms with Gasteiger partial charge < -0.3 is 15.5 Å². The van der Waals surface area contributed by atoms with Gasteiger partial charge in [-0.25, -0.2) is 4.79 Å². The van der Waals surface area contributed by atoms with Gasteiger partial charge in [-0.05, 0) is 41.8 Å². The molecule has 0 saturated carbocycles. The minimum absolute atomic E-state index is 0.00153. The van der Waals surface area contributed by atoms with Crippen LogP contribution in [0.5, 0.6) is 0 Å². The van der Waals surface area contributed by atoms with Gasteiger partial charge in [0.25, 0.3) is 5.91 Å². The minimum Gasteiger partial charge on any atom is -0.323 e. The van der Waals surface area contributed by atoms with E-state index in [1.165, 1.54) is 0 Å². The van der Waals surface area contributed by atoms with Crippen LogP contribution in [0.2, 0.25) is 0 Å². The van der Waals surface area contributed by atoms with Crippen LogP contribution in [-0.4, -0.2) is 41.7 Å². The quantitative estimate of drug-likeness (QED) is 0.575. The van der Waals surface area contributed by atoms with E-state index in [0.717, 1.165) is 22.1 Å². The number of imide groups is 1. The number of fused-ring (bicyclic) bond motifs is 1. The lowest BCUT2D eigenvalue weighted by atomic mass is 9.88. The van der Waals surface area contributed by atoms with Crippen molar-refractivity contribution < 1.29 is 19.2 Å². The summed E-state index contributed by atoms with van der Waals surface area (Å²) >= 11 is 0. The Morgan fingerprint density at radius 3 is 2.53 bits per heavy atom. The van der Waals surface area contributed by atoms with Gasteiger partial charge in [-0.1, -0.05) is 54.6 Å². The fourth-order valence-corrected chi connectivity index (χ4v) is 4.74. The molecule has 34 heavy (non-hydrogen) atoms. The summed E-state index contributed by atoms with van der Waals surface area (Å²) in [6, 6.07) is 19.6. The van der Waals surface area contributed by atoms with E-state index in [2.05, 4.69) is 10.6 Å². The van der Waals surface area contributed by atoms with E-state index in [9.17, 15) is 19.2 Å². The summed E-state index contributed by atoms with van der Waals surface area (Å²) in [5.41, 5.74) is 0.450. The first-order valence-electron chi connectivity index (χ1n) is 11.2. The number of amides is 5. The van der Waals surface area contributed by atoms with Crippen LogP contribution in [0.4, 0.5) is 16.2 Å². The average Bonchev–Trinajstić information content (AvgIpc) is 3.35. The number of rotatable bonds is 5. The molecule has 2 fully saturated rings. The number of nitrogens with zero attached hydrogens (tertiary/aromatic N) is 2. The second-order valence-corrected chi connectivity index (χ2v) is 8.69. The lowest BCUT2D eigenvalue weighted by Gasteiger charge is -2.24. The first kappa shape index (κ1) is 21.6. The zero-order chi connectivity index (χ0) is 23.9. The van der Waals surface area contributed by atoms with Gasteiger partial charge in [-0.15, -0.1) is 0 Å². The molecule has 2 heterocycles. The molecule has 8 heteroatoms. The third kappa shape index (κ3) is 3.57. The molecule has 1 atom stereocenters. The van der Waals surface area contributed by atoms with E-state index >= 15 is 0 Å². The zero-order valence-corrected chi connectivity index (χ0v) is 18.7. The Hall–Kier alpha value is -4.20. The molecule has 8 nitrogen and oxygen atoms in total. The van der Waals surface area contributed by atoms with Gasteiger partial charge in [0.1, 0.15) is 12.1 Å². The summed E-state index contributed by atoms with van der Waals surface area (Å²) < 4.78 is 0. The fourth-order valence-electron chi connectivity index (χ4n) is 4.74. The smallest absolute Gasteiger partial charge is 0.323 e. The van der Waals surface area contributed by atoms with Crippen LogP contribution in [-0.2, 0) is 19.9 Å². The maximum atomic E-state index is 13.4. The van der Waals surface area contributed by atoms with Gasteiger partial charge in [0, 0.05) is 13.0 Å². The Morgan fingerprint density at radius 2 is 1.74 bits per heavy atom. The molecule has 5 amide bonds. The predicted octanol–water partition coefficient (Wildman–Crippen LogP) is 3.37. The number of benzene rings is 3. The van der Waals surface area contributed by atoms with Crippen molar-refractivity contribution in [3.8, 4) is 0 Å². The van der Waals surface area contributed by atoms with E-state index in [4.69, 9.17) is 0 Å². The molecule has 2 aliphatic rings. The highest BCUT2D eigenvalue weighted by molar-refractivity contribution is 6.12. The van der Waals surface area contributed by atoms with E-state index in [1.807, 2.05) is 42.5 Å². The number of hydrogen-bond donors (Lipinski definition) is 2. The lowest BCUT2D eigenvalue weighted by molar-refractivity contribution is -0.133. The monoisotopic (exact) mass is 456 g/mol. The molecule has 3 aromatic rings. The predicted molar refractivity (Wildman–Crippen MR) is 128 cm³/mol. The number of hydrogen-bond acceptors (Lipinski definition) is 4. The SMILES string of the molecule is CC1(c2cccc3ccccc23)NC(=O)N(CC(=O)Nc2ccccc2N2CCCC2=O)C1=O. The number of nitrogens with one attached hydrogen (secondary N) is 2. The molecule has 5 rings (SSSR count). The summed E-state index contributed by atoms with van der Waals surface area (Å²) in [6.45, 7) is 1.80. The first-order chi connectivity index (χ1) is 16.4. The van der Waals surface area contributed by atoms with Gasteiger partial charge in [-0.2, -0.15) is 0 Å². The Kier molecular flexibility index (Phi) is 5.28. The second kappa shape index (κ2) is 8.30. The molecule has 2 N–H and O–H groups in total. The summed E-state index contributed by atoms with van der Waals surface area (Å²) in [7, 11) is 0. The number of para-hydroxylation sites is 2. The van der Waals surface area contributed by atoms with Crippen LogP contribution in [0.1, 0.15) is 25.3 Å². The molecule has 0 aliphatic carbocycles. The van der Waals surface area contributed by atoms with Crippen molar-refractivity contribution in [3.63, 3.8) is 0 Å². The molecule has 0 bridgehead atoms. The van der Waals surface area contributed by atoms with Crippen LogP contribution in [0.15, 0.2) is 66.7 Å². The third-order valence-corrected chi connectivity index (χ3v) is 6.45. The van der Waals surface area contributed by atoms with Crippen LogP contribution < -0.4 is 15.5 Å². The van der Waals surface area contributed by atoms with Gasteiger partial charge >= 0.3 is 6.03 Å². The van der Waals surface area contributed by atoms with Crippen LogP contribution in [0, 0.1) is 0 Å². The van der Waals surface area contributed by atoms with Crippen LogP contribution >= 0.6 is 0 Å². The zero-order valence-electron chi connectivity index (χ0n) is 18.7. The topological polar surface area (TPSA) is 98.8 Å². The number of carbonyl (C=O) groups is 4. The molecule has 0 aromatic heterocycles. The Labute approximate surface area is 196 Å². The normalized spacial score (nSPS) is 20.2. The highest BCUT2D eigenvalue weighted by atomic mass is 16.2. The standard InChI is InChI=1S/C26H24N4O4/c1-26(19-11-6-9-17-8-2-3-10-18(17)19)24(33)30(25(34)28-26)16-22(31)27-20-12-4-5-13-21(20)29-15-7-14-23(29)32/h2-6,8-13H,7,14-16H2,1H3,(H,27,31)(H,28,34). The molecule has 172 valence electrons. The van der Waals surface area contributed by atoms with Crippen LogP contribution in [0.3, 0.4) is 0 Å². The third-order valence-electron chi connectivity index (χ3n) is 6.45. The molecule has 1 unspecified atom stereocenters. The number of urea groups is 1. The second-order valence-electron chi connectivity index (χ2n) is 8.69. The fraction of sp³-hybridized carbons (Fsp3) is 0.231. The van der Waals surface area contributed by atoms with Crippen molar-refractivity contribution in [3.05, 3.63) is 72.3 Å². The Morgan fingerprint density at radius 1 is 1.00 bits per heavy atom. The molecule has 0 radical (unpaired) electrons. The summed E-state index contributed by atoms with van der Waals surface area (Å²) in [4.78, 5) is 53.8. The lowest BCUT2D eigenvalue weighted by Crippen LogP contribution is -2.42. The van der Waals surface area contributed by atoms with Crippen molar-refractivity contribution >= 4 is 45.9 Å². The molecule has 2 aliphatic heterocycles. The van der Waals surface area contributed by atoms with E-state index in [0.29, 0.717) is 29.9 Å². The van der Waals surface area contributed by atoms with E-state index in [-0.39, 0.29) is 5.91 Å². The van der Waals surface area contributed by atoms with Crippen molar-refractivity contribution in [1.29, 1.82) is 0 Å². The van der Waals surface area contributed by atoms with Crippen LogP contribution in [0.25, 0.3) is 10.8 Å². The maximum absolute atomic E-state index is 13.4. The van der Waals surface area contributed by atoms with Gasteiger partial charge in [0.15, 0.2) is 0 Å². The number of anilines is 2. The van der Waals surface area contributed by atoms with E-state index < -0.39 is 29.9 Å². The maximum Gasteiger partial charge on any atom is 0.325 e. The van der Waals surface area contributed by atoms with Gasteiger partial charge in [0.2, 0.25) is 11.8 Å². The van der Waals surface area contributed by atoms with Crippen molar-refractivity contribution in [2.75, 3.05) is 23.3 Å². The Balaban J connectivity index is 1.37. The molecule has 0 spiro atoms. The number of carbonyl (C=O) groups excluding carboxylic acids is 4. The highest BCUT2D eigenvalue weighted by Gasteiger charge is 2.50. The largest absolute Gasteiger partial charge is 0.325 e. The van der Waals surface area contributed by atoms with Crippen molar-refractivity contribution in [1.82, 2.24) is 10.2 Å². The minimum atomic E-state index is -1.29. The van der Waals surface area contributed by atoms with Crippen molar-refractivity contribution in [2.24, 2.45) is 0 Å². The average molecular weight is 457 g/mol. The molecule has 3 aromatic carbocycles. The molecular weight excluding hydrogens is 432 g/mol. The summed E-state index contributed by atoms with van der Waals surface area (Å²) in [6.07, 6.45) is 1.23. The molecule has 2 saturated heterocycles. The summed E-state index contributed by atoms with van der Waals surface area (Å²) in [5, 5.41) is 7.35. The first-order valence-corrected chi connectivity index (χ1v) is 11.2. The highest BCUT2D eigenvalue weighted by Crippen LogP contribution is 2.34. The van der Waals surface area contributed by atoms with Crippen molar-refractivity contribution in [2.45, 2.75) is 25.3 Å². The van der Waals surface area contributed by atoms with Gasteiger partial charge in [0.05, 0.1) is 11.4 Å².